The summed E-state index contributed by atoms with van der Waals surface area (Å²) in [6.45, 7) is 9.92. The van der Waals surface area contributed by atoms with E-state index < -0.39 is 6.17 Å². The van der Waals surface area contributed by atoms with Crippen molar-refractivity contribution in [1.29, 1.82) is 0 Å². The van der Waals surface area contributed by atoms with Crippen LogP contribution >= 0.6 is 23.2 Å². The number of hydrogen-bond donors (Lipinski definition) is 1. The number of halogens is 2. The minimum Gasteiger partial charge on any atom is -0.358 e. The van der Waals surface area contributed by atoms with Gasteiger partial charge in [-0.1, -0.05) is 63.1 Å². The van der Waals surface area contributed by atoms with Crippen LogP contribution in [0.15, 0.2) is 52.7 Å². The van der Waals surface area contributed by atoms with Crippen molar-refractivity contribution in [2.45, 2.75) is 52.6 Å². The second-order valence-electron chi connectivity index (χ2n) is 6.04. The molecule has 0 aromatic heterocycles. The van der Waals surface area contributed by atoms with E-state index in [2.05, 4.69) is 5.32 Å². The molecule has 1 saturated heterocycles. The van der Waals surface area contributed by atoms with Crippen molar-refractivity contribution in [1.82, 2.24) is 5.32 Å². The fourth-order valence-corrected chi connectivity index (χ4v) is 3.79. The summed E-state index contributed by atoms with van der Waals surface area (Å²) in [6.07, 6.45) is 5.04. The lowest BCUT2D eigenvalue weighted by atomic mass is 10.0. The van der Waals surface area contributed by atoms with Crippen molar-refractivity contribution >= 4 is 40.6 Å². The quantitative estimate of drug-likeness (QED) is 0.448. The topological polar surface area (TPSA) is 49.4 Å². The van der Waals surface area contributed by atoms with Crippen LogP contribution in [0.1, 0.15) is 50.0 Å². The van der Waals surface area contributed by atoms with Gasteiger partial charge in [0.25, 0.3) is 5.91 Å². The highest BCUT2D eigenvalue weighted by atomic mass is 35.5. The summed E-state index contributed by atoms with van der Waals surface area (Å²) in [5.74, 6) is -0.396. The molecule has 2 aliphatic heterocycles. The van der Waals surface area contributed by atoms with Crippen LogP contribution in [-0.2, 0) is 4.79 Å². The molecule has 0 spiro atoms. The number of anilines is 1. The van der Waals surface area contributed by atoms with E-state index in [1.54, 1.807) is 18.2 Å². The summed E-state index contributed by atoms with van der Waals surface area (Å²) in [6, 6.07) is 5.50. The summed E-state index contributed by atoms with van der Waals surface area (Å²) in [5.41, 5.74) is 3.04. The summed E-state index contributed by atoms with van der Waals surface area (Å²) in [7, 11) is 0. The molecular weight excluding hydrogens is 395 g/mol. The number of carbonyl (C=O) groups is 2. The molecule has 0 bridgehead atoms. The smallest absolute Gasteiger partial charge is 0.263 e. The highest BCUT2D eigenvalue weighted by Gasteiger charge is 2.46. The van der Waals surface area contributed by atoms with Gasteiger partial charge in [-0.2, -0.15) is 0 Å². The predicted molar refractivity (Wildman–Crippen MR) is 117 cm³/mol. The average molecular weight is 421 g/mol. The van der Waals surface area contributed by atoms with Gasteiger partial charge in [0.05, 0.1) is 16.6 Å². The number of aryl methyl sites for hydroxylation is 1. The minimum atomic E-state index is -0.749. The van der Waals surface area contributed by atoms with E-state index >= 15 is 0 Å². The lowest BCUT2D eigenvalue weighted by Gasteiger charge is -2.34. The van der Waals surface area contributed by atoms with Crippen LogP contribution in [-0.4, -0.2) is 23.2 Å². The summed E-state index contributed by atoms with van der Waals surface area (Å²) in [4.78, 5) is 27.3. The molecule has 2 heterocycles. The van der Waals surface area contributed by atoms with Crippen LogP contribution in [0.4, 0.5) is 5.69 Å². The number of nitrogens with one attached hydrogen (secondary N) is 1. The molecule has 1 N–H and O–H groups in total. The molecule has 4 nitrogen and oxygen atoms in total. The lowest BCUT2D eigenvalue weighted by Crippen LogP contribution is -2.55. The number of allylic oxidation sites excluding steroid dienone is 4. The highest BCUT2D eigenvalue weighted by molar-refractivity contribution is 6.35. The Morgan fingerprint density at radius 3 is 2.50 bits per heavy atom. The zero-order valence-electron chi connectivity index (χ0n) is 16.8. The van der Waals surface area contributed by atoms with E-state index in [1.165, 1.54) is 4.90 Å². The molecule has 0 saturated carbocycles. The molecule has 0 radical (unpaired) electrons. The van der Waals surface area contributed by atoms with Crippen molar-refractivity contribution in [3.63, 3.8) is 0 Å². The third kappa shape index (κ3) is 3.89. The number of amides is 1. The molecule has 6 heteroatoms. The van der Waals surface area contributed by atoms with Crippen LogP contribution in [0.25, 0.3) is 0 Å². The Balaban J connectivity index is 0.000000660. The molecule has 1 aromatic carbocycles. The number of rotatable bonds is 0. The van der Waals surface area contributed by atoms with Gasteiger partial charge in [0.15, 0.2) is 6.17 Å². The van der Waals surface area contributed by atoms with Crippen molar-refractivity contribution < 1.29 is 9.59 Å². The molecule has 1 aliphatic carbocycles. The second-order valence-corrected chi connectivity index (χ2v) is 7.00. The first-order chi connectivity index (χ1) is 13.5. The number of carbonyl (C=O) groups excluding carboxylic acids is 2. The maximum atomic E-state index is 13.1. The van der Waals surface area contributed by atoms with Gasteiger partial charge in [0.1, 0.15) is 0 Å². The lowest BCUT2D eigenvalue weighted by molar-refractivity contribution is -0.115. The zero-order chi connectivity index (χ0) is 21.0. The first-order valence-corrected chi connectivity index (χ1v) is 10.5. The monoisotopic (exact) mass is 420 g/mol. The highest BCUT2D eigenvalue weighted by Crippen LogP contribution is 2.39. The number of fused-ring (bicyclic) bond motifs is 4. The molecule has 4 rings (SSSR count). The van der Waals surface area contributed by atoms with Crippen LogP contribution in [0.2, 0.25) is 0 Å². The number of hydrogen-bond acceptors (Lipinski definition) is 3. The van der Waals surface area contributed by atoms with E-state index in [0.717, 1.165) is 5.56 Å². The zero-order valence-corrected chi connectivity index (χ0v) is 18.4. The van der Waals surface area contributed by atoms with E-state index in [-0.39, 0.29) is 17.1 Å². The standard InChI is InChI=1S/C18H14Cl2N2O2.2C2H6/c1-9-5-6-14-11(7-9)16(23)17-21-13-8-10(19)3-2-4-12(20)15(13)18(24)22(14)17;2*1-2/h2-3,5-8,10,17,21H,4H2,1H3;2*1-2H3/b3-2-,13-8?,15-12-;;. The van der Waals surface area contributed by atoms with Crippen LogP contribution in [0, 0.1) is 6.92 Å². The van der Waals surface area contributed by atoms with Crippen molar-refractivity contribution in [3.05, 3.63) is 63.9 Å². The molecule has 2 unspecified atom stereocenters. The van der Waals surface area contributed by atoms with Gasteiger partial charge in [0.2, 0.25) is 5.78 Å². The number of ketones is 1. The average Bonchev–Trinajstić information content (AvgIpc) is 2.96. The van der Waals surface area contributed by atoms with Gasteiger partial charge in [-0.15, -0.1) is 11.6 Å². The summed E-state index contributed by atoms with van der Waals surface area (Å²) in [5, 5.41) is 3.22. The number of alkyl halides is 1. The molecule has 1 fully saturated rings. The molecule has 28 heavy (non-hydrogen) atoms. The predicted octanol–water partition coefficient (Wildman–Crippen LogP) is 5.45. The van der Waals surface area contributed by atoms with E-state index in [4.69, 9.17) is 23.2 Å². The Morgan fingerprint density at radius 2 is 1.82 bits per heavy atom. The number of nitrogens with zero attached hydrogens (tertiary/aromatic N) is 1. The van der Waals surface area contributed by atoms with Crippen LogP contribution < -0.4 is 10.2 Å². The van der Waals surface area contributed by atoms with E-state index in [1.807, 2.05) is 52.8 Å². The van der Waals surface area contributed by atoms with E-state index in [9.17, 15) is 9.59 Å². The first-order valence-electron chi connectivity index (χ1n) is 9.64. The van der Waals surface area contributed by atoms with Crippen molar-refractivity contribution in [2.24, 2.45) is 0 Å². The SMILES string of the molecule is CC.CC.Cc1ccc2c(c1)C(=O)C1NC3=CC(Cl)/C=C\C/C(Cl)=C\3C(=O)N21. The molecule has 1 amide bonds. The Kier molecular flexibility index (Phi) is 7.50. The van der Waals surface area contributed by atoms with Crippen molar-refractivity contribution in [3.8, 4) is 0 Å². The van der Waals surface area contributed by atoms with Gasteiger partial charge in [-0.3, -0.25) is 14.5 Å². The maximum Gasteiger partial charge on any atom is 0.263 e. The Morgan fingerprint density at radius 1 is 1.14 bits per heavy atom. The first kappa shape index (κ1) is 22.3. The van der Waals surface area contributed by atoms with Crippen LogP contribution in [0.3, 0.4) is 0 Å². The second kappa shape index (κ2) is 9.44. The maximum absolute atomic E-state index is 13.1. The Bertz CT molecular complexity index is 871. The van der Waals surface area contributed by atoms with Crippen LogP contribution in [0.5, 0.6) is 0 Å². The largest absolute Gasteiger partial charge is 0.358 e. The van der Waals surface area contributed by atoms with Gasteiger partial charge in [-0.25, -0.2) is 0 Å². The molecule has 2 atom stereocenters. The van der Waals surface area contributed by atoms with Crippen molar-refractivity contribution in [2.75, 3.05) is 4.90 Å². The molecule has 150 valence electrons. The van der Waals surface area contributed by atoms with Gasteiger partial charge in [0, 0.05) is 22.7 Å². The summed E-state index contributed by atoms with van der Waals surface area (Å²) < 4.78 is 0. The fourth-order valence-electron chi connectivity index (χ4n) is 3.28. The number of benzene rings is 1. The third-order valence-corrected chi connectivity index (χ3v) is 5.01. The summed E-state index contributed by atoms with van der Waals surface area (Å²) >= 11 is 12.6. The van der Waals surface area contributed by atoms with E-state index in [0.29, 0.717) is 34.0 Å². The normalized spacial score (nSPS) is 26.0. The Labute approximate surface area is 176 Å². The minimum absolute atomic E-state index is 0.123. The molecule has 3 aliphatic rings. The molecule has 1 aromatic rings. The van der Waals surface area contributed by atoms with Gasteiger partial charge < -0.3 is 5.32 Å². The Hall–Kier alpha value is -2.04. The van der Waals surface area contributed by atoms with Gasteiger partial charge >= 0.3 is 0 Å². The molecular formula is C22H26Cl2N2O2. The van der Waals surface area contributed by atoms with Gasteiger partial charge in [-0.05, 0) is 25.1 Å². The number of Topliss-reactive ketones (excluding diaryl/α,β-unsaturated/α-hetero) is 1. The third-order valence-electron chi connectivity index (χ3n) is 4.39. The fraction of sp³-hybridized carbons (Fsp3) is 0.364.